The number of hydrogen-bond donors (Lipinski definition) is 0. The molecule has 1 aliphatic heterocycles. The third kappa shape index (κ3) is 3.05. The van der Waals surface area contributed by atoms with Crippen molar-refractivity contribution in [1.29, 1.82) is 0 Å². The van der Waals surface area contributed by atoms with Crippen molar-refractivity contribution in [3.8, 4) is 0 Å². The third-order valence-corrected chi connectivity index (χ3v) is 1.53. The van der Waals surface area contributed by atoms with E-state index in [9.17, 15) is 4.79 Å². The lowest BCUT2D eigenvalue weighted by Crippen LogP contribution is -2.38. The van der Waals surface area contributed by atoms with Gasteiger partial charge in [-0.25, -0.2) is 4.79 Å². The Bertz CT molecular complexity index is 136. The van der Waals surface area contributed by atoms with Gasteiger partial charge in [0.15, 0.2) is 0 Å². The Balaban J connectivity index is 2.19. The number of halogens is 1. The van der Waals surface area contributed by atoms with Gasteiger partial charge in [-0.1, -0.05) is 0 Å². The lowest BCUT2D eigenvalue weighted by atomic mass is 10.5. The number of hydroxylamine groups is 2. The van der Waals surface area contributed by atoms with Crippen LogP contribution in [0.5, 0.6) is 0 Å². The molecule has 0 radical (unpaired) electrons. The first-order valence-electron chi connectivity index (χ1n) is 3.42. The molecule has 1 fully saturated rings. The van der Waals surface area contributed by atoms with Gasteiger partial charge >= 0.3 is 5.97 Å². The number of morpholine rings is 1. The maximum absolute atomic E-state index is 10.6. The SMILES string of the molecule is O=C(CCl)ON1CCOCC1. The van der Waals surface area contributed by atoms with E-state index in [0.717, 1.165) is 0 Å². The summed E-state index contributed by atoms with van der Waals surface area (Å²) >= 11 is 5.24. The van der Waals surface area contributed by atoms with Crippen LogP contribution in [0.4, 0.5) is 0 Å². The average molecular weight is 180 g/mol. The van der Waals surface area contributed by atoms with Crippen LogP contribution in [0.15, 0.2) is 0 Å². The van der Waals surface area contributed by atoms with Crippen LogP contribution in [0.3, 0.4) is 0 Å². The Morgan fingerprint density at radius 1 is 1.55 bits per heavy atom. The summed E-state index contributed by atoms with van der Waals surface area (Å²) in [5, 5.41) is 1.56. The molecular formula is C6H10ClNO3. The van der Waals surface area contributed by atoms with E-state index in [0.29, 0.717) is 26.3 Å². The van der Waals surface area contributed by atoms with Crippen LogP contribution < -0.4 is 0 Å². The maximum Gasteiger partial charge on any atom is 0.339 e. The number of rotatable bonds is 2. The topological polar surface area (TPSA) is 38.8 Å². The number of alkyl halides is 1. The molecule has 0 atom stereocenters. The third-order valence-electron chi connectivity index (χ3n) is 1.31. The molecule has 0 bridgehead atoms. The molecule has 0 spiro atoms. The molecule has 0 unspecified atom stereocenters. The zero-order valence-electron chi connectivity index (χ0n) is 6.09. The maximum atomic E-state index is 10.6. The molecule has 0 saturated carbocycles. The fraction of sp³-hybridized carbons (Fsp3) is 0.833. The molecule has 11 heavy (non-hydrogen) atoms. The van der Waals surface area contributed by atoms with Gasteiger partial charge in [-0.05, 0) is 0 Å². The van der Waals surface area contributed by atoms with Crippen LogP contribution in [0.1, 0.15) is 0 Å². The lowest BCUT2D eigenvalue weighted by molar-refractivity contribution is -0.202. The Hall–Kier alpha value is -0.320. The van der Waals surface area contributed by atoms with Crippen LogP contribution in [0.25, 0.3) is 0 Å². The van der Waals surface area contributed by atoms with Crippen molar-refractivity contribution in [2.45, 2.75) is 0 Å². The summed E-state index contributed by atoms with van der Waals surface area (Å²) in [4.78, 5) is 15.5. The predicted octanol–water partition coefficient (Wildman–Crippen LogP) is 0.0156. The zero-order valence-corrected chi connectivity index (χ0v) is 6.84. The summed E-state index contributed by atoms with van der Waals surface area (Å²) in [6.45, 7) is 2.47. The molecule has 0 aromatic heterocycles. The highest BCUT2D eigenvalue weighted by Gasteiger charge is 2.13. The fourth-order valence-corrected chi connectivity index (χ4v) is 0.855. The van der Waals surface area contributed by atoms with Gasteiger partial charge in [-0.3, -0.25) is 0 Å². The molecular weight excluding hydrogens is 170 g/mol. The summed E-state index contributed by atoms with van der Waals surface area (Å²) < 4.78 is 5.05. The molecule has 1 rings (SSSR count). The van der Waals surface area contributed by atoms with E-state index in [1.807, 2.05) is 0 Å². The standard InChI is InChI=1S/C6H10ClNO3/c7-5-6(9)11-8-1-3-10-4-2-8/h1-5H2. The number of ether oxygens (including phenoxy) is 1. The van der Waals surface area contributed by atoms with E-state index in [1.54, 1.807) is 5.06 Å². The van der Waals surface area contributed by atoms with Crippen molar-refractivity contribution >= 4 is 17.6 Å². The van der Waals surface area contributed by atoms with E-state index in [-0.39, 0.29) is 5.88 Å². The second-order valence-corrected chi connectivity index (χ2v) is 2.41. The van der Waals surface area contributed by atoms with E-state index in [2.05, 4.69) is 0 Å². The second-order valence-electron chi connectivity index (χ2n) is 2.14. The number of carbonyl (C=O) groups excluding carboxylic acids is 1. The van der Waals surface area contributed by atoms with E-state index in [1.165, 1.54) is 0 Å². The minimum atomic E-state index is -0.409. The quantitative estimate of drug-likeness (QED) is 0.560. The van der Waals surface area contributed by atoms with Crippen molar-refractivity contribution in [2.24, 2.45) is 0 Å². The molecule has 1 saturated heterocycles. The number of nitrogens with zero attached hydrogens (tertiary/aromatic N) is 1. The van der Waals surface area contributed by atoms with Gasteiger partial charge in [-0.2, -0.15) is 0 Å². The lowest BCUT2D eigenvalue weighted by Gasteiger charge is -2.24. The molecule has 0 amide bonds. The Morgan fingerprint density at radius 2 is 2.18 bits per heavy atom. The first-order chi connectivity index (χ1) is 5.33. The molecule has 0 aliphatic carbocycles. The van der Waals surface area contributed by atoms with Crippen LogP contribution in [-0.2, 0) is 14.4 Å². The fourth-order valence-electron chi connectivity index (χ4n) is 0.806. The molecule has 0 aromatic rings. The molecule has 4 nitrogen and oxygen atoms in total. The zero-order chi connectivity index (χ0) is 8.10. The van der Waals surface area contributed by atoms with Gasteiger partial charge in [0.25, 0.3) is 0 Å². The second kappa shape index (κ2) is 4.54. The van der Waals surface area contributed by atoms with Gasteiger partial charge in [0, 0.05) is 0 Å². The summed E-state index contributed by atoms with van der Waals surface area (Å²) in [6.07, 6.45) is 0. The van der Waals surface area contributed by atoms with Gasteiger partial charge in [0.05, 0.1) is 26.3 Å². The molecule has 5 heteroatoms. The number of hydrogen-bond acceptors (Lipinski definition) is 4. The van der Waals surface area contributed by atoms with Crippen molar-refractivity contribution in [3.63, 3.8) is 0 Å². The first kappa shape index (κ1) is 8.77. The highest BCUT2D eigenvalue weighted by atomic mass is 35.5. The Kier molecular flexibility index (Phi) is 3.62. The van der Waals surface area contributed by atoms with Gasteiger partial charge < -0.3 is 9.57 Å². The van der Waals surface area contributed by atoms with Crippen molar-refractivity contribution in [3.05, 3.63) is 0 Å². The van der Waals surface area contributed by atoms with Gasteiger partial charge in [0.2, 0.25) is 0 Å². The number of carbonyl (C=O) groups is 1. The van der Waals surface area contributed by atoms with E-state index < -0.39 is 5.97 Å². The molecule has 0 aromatic carbocycles. The Labute approximate surface area is 70.0 Å². The molecule has 1 heterocycles. The average Bonchev–Trinajstić information content (AvgIpc) is 2.06. The van der Waals surface area contributed by atoms with Crippen LogP contribution >= 0.6 is 11.6 Å². The van der Waals surface area contributed by atoms with Gasteiger partial charge in [-0.15, -0.1) is 16.7 Å². The predicted molar refractivity (Wildman–Crippen MR) is 39.2 cm³/mol. The summed E-state index contributed by atoms with van der Waals surface area (Å²) in [5.41, 5.74) is 0. The Morgan fingerprint density at radius 3 is 2.73 bits per heavy atom. The molecule has 1 aliphatic rings. The van der Waals surface area contributed by atoms with E-state index >= 15 is 0 Å². The largest absolute Gasteiger partial charge is 0.379 e. The minimum absolute atomic E-state index is 0.0998. The van der Waals surface area contributed by atoms with Crippen LogP contribution in [0.2, 0.25) is 0 Å². The molecule has 0 N–H and O–H groups in total. The van der Waals surface area contributed by atoms with E-state index in [4.69, 9.17) is 21.2 Å². The van der Waals surface area contributed by atoms with Gasteiger partial charge in [0.1, 0.15) is 5.88 Å². The summed E-state index contributed by atoms with van der Waals surface area (Å²) in [7, 11) is 0. The molecule has 64 valence electrons. The van der Waals surface area contributed by atoms with Crippen LogP contribution in [0, 0.1) is 0 Å². The first-order valence-corrected chi connectivity index (χ1v) is 3.96. The highest BCUT2D eigenvalue weighted by Crippen LogP contribution is 1.98. The van der Waals surface area contributed by atoms with Crippen molar-refractivity contribution in [1.82, 2.24) is 5.06 Å². The summed E-state index contributed by atoms with van der Waals surface area (Å²) in [6, 6.07) is 0. The highest BCUT2D eigenvalue weighted by molar-refractivity contribution is 6.26. The van der Waals surface area contributed by atoms with Crippen molar-refractivity contribution in [2.75, 3.05) is 32.2 Å². The van der Waals surface area contributed by atoms with Crippen molar-refractivity contribution < 1.29 is 14.4 Å². The normalized spacial score (nSPS) is 19.7. The monoisotopic (exact) mass is 179 g/mol. The summed E-state index contributed by atoms with van der Waals surface area (Å²) in [5.74, 6) is -0.509. The minimum Gasteiger partial charge on any atom is -0.379 e. The van der Waals surface area contributed by atoms with Crippen LogP contribution in [-0.4, -0.2) is 43.2 Å². The smallest absolute Gasteiger partial charge is 0.339 e.